The first-order valence-electron chi connectivity index (χ1n) is 10.8. The molecule has 1 aliphatic carbocycles. The highest BCUT2D eigenvalue weighted by molar-refractivity contribution is 6.32. The third kappa shape index (κ3) is 3.99. The van der Waals surface area contributed by atoms with Gasteiger partial charge in [-0.05, 0) is 55.2 Å². The second-order valence-electron chi connectivity index (χ2n) is 8.77. The summed E-state index contributed by atoms with van der Waals surface area (Å²) >= 11 is 6.25. The number of carbonyl (C=O) groups excluding carboxylic acids is 1. The summed E-state index contributed by atoms with van der Waals surface area (Å²) in [5.74, 6) is 1.67. The molecule has 5 nitrogen and oxygen atoms in total. The van der Waals surface area contributed by atoms with Gasteiger partial charge in [-0.25, -0.2) is 0 Å². The first-order chi connectivity index (χ1) is 14.0. The van der Waals surface area contributed by atoms with E-state index in [0.717, 1.165) is 41.6 Å². The van der Waals surface area contributed by atoms with Crippen molar-refractivity contribution in [1.29, 1.82) is 0 Å². The van der Waals surface area contributed by atoms with Crippen LogP contribution >= 0.6 is 11.6 Å². The molecule has 1 aromatic heterocycles. The van der Waals surface area contributed by atoms with Gasteiger partial charge in [0.2, 0.25) is 5.91 Å². The Morgan fingerprint density at radius 1 is 1.38 bits per heavy atom. The number of nitrogens with one attached hydrogen (secondary N) is 1. The van der Waals surface area contributed by atoms with E-state index >= 15 is 0 Å². The maximum atomic E-state index is 13.4. The lowest BCUT2D eigenvalue weighted by molar-refractivity contribution is -0.142. The number of methoxy groups -OCH3 is 1. The number of nitrogens with zero attached hydrogens (tertiary/aromatic N) is 1. The first kappa shape index (κ1) is 20.5. The van der Waals surface area contributed by atoms with Gasteiger partial charge < -0.3 is 19.7 Å². The Labute approximate surface area is 177 Å². The normalized spacial score (nSPS) is 25.2. The van der Waals surface area contributed by atoms with Gasteiger partial charge in [0.1, 0.15) is 5.75 Å². The van der Waals surface area contributed by atoms with E-state index in [-0.39, 0.29) is 24.5 Å². The third-order valence-corrected chi connectivity index (χ3v) is 7.19. The number of rotatable bonds is 6. The Morgan fingerprint density at radius 3 is 2.97 bits per heavy atom. The van der Waals surface area contributed by atoms with Crippen molar-refractivity contribution in [1.82, 2.24) is 9.88 Å². The molecule has 1 aliphatic heterocycles. The Bertz CT molecular complexity index is 880. The highest BCUT2D eigenvalue weighted by atomic mass is 35.5. The largest absolute Gasteiger partial charge is 0.495 e. The van der Waals surface area contributed by atoms with Crippen molar-refractivity contribution >= 4 is 28.4 Å². The van der Waals surface area contributed by atoms with Crippen molar-refractivity contribution in [2.75, 3.05) is 13.7 Å². The van der Waals surface area contributed by atoms with E-state index in [1.54, 1.807) is 7.11 Å². The molecule has 158 valence electrons. The Morgan fingerprint density at radius 2 is 2.21 bits per heavy atom. The summed E-state index contributed by atoms with van der Waals surface area (Å²) in [6.45, 7) is 2.25. The highest BCUT2D eigenvalue weighted by Crippen LogP contribution is 2.40. The third-order valence-electron chi connectivity index (χ3n) is 6.90. The predicted molar refractivity (Wildman–Crippen MR) is 116 cm³/mol. The van der Waals surface area contributed by atoms with Gasteiger partial charge in [0, 0.05) is 42.2 Å². The van der Waals surface area contributed by atoms with Crippen LogP contribution in [0.5, 0.6) is 5.75 Å². The number of halogens is 1. The summed E-state index contributed by atoms with van der Waals surface area (Å²) in [5, 5.41) is 11.2. The number of H-pyrrole nitrogens is 1. The van der Waals surface area contributed by atoms with Crippen LogP contribution < -0.4 is 4.74 Å². The number of aliphatic hydroxyl groups is 1. The molecule has 2 aliphatic rings. The molecule has 1 saturated carbocycles. The van der Waals surface area contributed by atoms with Crippen molar-refractivity contribution in [2.45, 2.75) is 69.9 Å². The number of hydrogen-bond donors (Lipinski definition) is 2. The van der Waals surface area contributed by atoms with E-state index in [9.17, 15) is 9.90 Å². The molecule has 1 saturated heterocycles. The van der Waals surface area contributed by atoms with Crippen molar-refractivity contribution in [3.8, 4) is 5.75 Å². The SMILES string of the molecule is COc1cc2c(C(C)CC(=O)N3C(CCO)CC4CCCC3C4)c[nH]c2cc1Cl. The Balaban J connectivity index is 1.55. The Kier molecular flexibility index (Phi) is 6.07. The van der Waals surface area contributed by atoms with Crippen LogP contribution in [0.4, 0.5) is 0 Å². The number of aliphatic hydroxyl groups excluding tert-OH is 1. The van der Waals surface area contributed by atoms with Crippen LogP contribution in [0.2, 0.25) is 5.02 Å². The molecule has 0 spiro atoms. The molecule has 4 atom stereocenters. The fourth-order valence-corrected chi connectivity index (χ4v) is 5.77. The zero-order valence-electron chi connectivity index (χ0n) is 17.3. The quantitative estimate of drug-likeness (QED) is 0.703. The van der Waals surface area contributed by atoms with Gasteiger partial charge in [0.15, 0.2) is 0 Å². The number of ether oxygens (including phenoxy) is 1. The van der Waals surface area contributed by atoms with Crippen LogP contribution in [-0.4, -0.2) is 46.7 Å². The predicted octanol–water partition coefficient (Wildman–Crippen LogP) is 4.87. The molecule has 0 radical (unpaired) electrons. The summed E-state index contributed by atoms with van der Waals surface area (Å²) in [7, 11) is 1.61. The number of hydrogen-bond acceptors (Lipinski definition) is 3. The number of benzene rings is 1. The number of amides is 1. The van der Waals surface area contributed by atoms with Gasteiger partial charge in [-0.15, -0.1) is 0 Å². The molecular weight excluding hydrogens is 388 g/mol. The molecule has 2 heterocycles. The monoisotopic (exact) mass is 418 g/mol. The van der Waals surface area contributed by atoms with Crippen molar-refractivity contribution < 1.29 is 14.6 Å². The maximum Gasteiger partial charge on any atom is 0.223 e. The van der Waals surface area contributed by atoms with Crippen molar-refractivity contribution in [3.05, 3.63) is 28.9 Å². The topological polar surface area (TPSA) is 65.6 Å². The van der Waals surface area contributed by atoms with E-state index in [1.807, 2.05) is 18.3 Å². The van der Waals surface area contributed by atoms with Crippen LogP contribution in [0, 0.1) is 5.92 Å². The number of carbonyl (C=O) groups is 1. The van der Waals surface area contributed by atoms with Gasteiger partial charge in [-0.2, -0.15) is 0 Å². The number of likely N-dealkylation sites (tertiary alicyclic amines) is 1. The summed E-state index contributed by atoms with van der Waals surface area (Å²) in [5.41, 5.74) is 2.07. The summed E-state index contributed by atoms with van der Waals surface area (Å²) in [6.07, 6.45) is 8.90. The van der Waals surface area contributed by atoms with Gasteiger partial charge >= 0.3 is 0 Å². The number of aromatic nitrogens is 1. The van der Waals surface area contributed by atoms with Crippen molar-refractivity contribution in [3.63, 3.8) is 0 Å². The van der Waals surface area contributed by atoms with E-state index in [2.05, 4.69) is 16.8 Å². The summed E-state index contributed by atoms with van der Waals surface area (Å²) < 4.78 is 5.37. The smallest absolute Gasteiger partial charge is 0.223 e. The van der Waals surface area contributed by atoms with Gasteiger partial charge in [0.25, 0.3) is 0 Å². The summed E-state index contributed by atoms with van der Waals surface area (Å²) in [4.78, 5) is 18.8. The number of fused-ring (bicyclic) bond motifs is 3. The molecule has 1 amide bonds. The van der Waals surface area contributed by atoms with E-state index in [4.69, 9.17) is 16.3 Å². The standard InChI is InChI=1S/C23H31ClN2O3/c1-14(19-13-25-21-12-20(24)22(29-2)11-18(19)21)8-23(28)26-16-5-3-4-15(9-16)10-17(26)6-7-27/h11-17,25,27H,3-10H2,1-2H3. The van der Waals surface area contributed by atoms with Crippen LogP contribution in [0.15, 0.2) is 18.3 Å². The molecule has 29 heavy (non-hydrogen) atoms. The molecule has 2 N–H and O–H groups in total. The molecule has 2 bridgehead atoms. The van der Waals surface area contributed by atoms with E-state index in [0.29, 0.717) is 29.7 Å². The fourth-order valence-electron chi connectivity index (χ4n) is 5.53. The van der Waals surface area contributed by atoms with Crippen LogP contribution in [0.25, 0.3) is 10.9 Å². The molecule has 4 unspecified atom stereocenters. The molecular formula is C23H31ClN2O3. The highest BCUT2D eigenvalue weighted by Gasteiger charge is 2.40. The number of aromatic amines is 1. The second kappa shape index (κ2) is 8.57. The van der Waals surface area contributed by atoms with Crippen LogP contribution in [0.3, 0.4) is 0 Å². The lowest BCUT2D eigenvalue weighted by Gasteiger charge is -2.48. The maximum absolute atomic E-state index is 13.4. The lowest BCUT2D eigenvalue weighted by Crippen LogP contribution is -2.54. The zero-order valence-corrected chi connectivity index (χ0v) is 18.0. The van der Waals surface area contributed by atoms with Crippen LogP contribution in [-0.2, 0) is 4.79 Å². The van der Waals surface area contributed by atoms with Crippen LogP contribution in [0.1, 0.15) is 63.4 Å². The minimum absolute atomic E-state index is 0.0817. The molecule has 1 aromatic carbocycles. The number of piperidine rings is 1. The molecule has 6 heteroatoms. The lowest BCUT2D eigenvalue weighted by atomic mass is 9.75. The van der Waals surface area contributed by atoms with Gasteiger partial charge in [-0.3, -0.25) is 4.79 Å². The first-order valence-corrected chi connectivity index (χ1v) is 11.2. The fraction of sp³-hybridized carbons (Fsp3) is 0.609. The molecule has 2 fully saturated rings. The Hall–Kier alpha value is -1.72. The van der Waals surface area contributed by atoms with E-state index < -0.39 is 0 Å². The molecule has 2 aromatic rings. The minimum Gasteiger partial charge on any atom is -0.495 e. The average molecular weight is 419 g/mol. The van der Waals surface area contributed by atoms with Gasteiger partial charge in [0.05, 0.1) is 12.1 Å². The van der Waals surface area contributed by atoms with Gasteiger partial charge in [-0.1, -0.05) is 31.4 Å². The zero-order chi connectivity index (χ0) is 20.5. The average Bonchev–Trinajstić information content (AvgIpc) is 3.10. The summed E-state index contributed by atoms with van der Waals surface area (Å²) in [6, 6.07) is 4.36. The van der Waals surface area contributed by atoms with E-state index in [1.165, 1.54) is 12.8 Å². The molecule has 4 rings (SSSR count). The van der Waals surface area contributed by atoms with Crippen molar-refractivity contribution in [2.24, 2.45) is 5.92 Å². The minimum atomic E-state index is 0.0817. The second-order valence-corrected chi connectivity index (χ2v) is 9.18.